The molecule has 0 aliphatic carbocycles. The van der Waals surface area contributed by atoms with Crippen molar-refractivity contribution in [1.29, 1.82) is 0 Å². The van der Waals surface area contributed by atoms with Gasteiger partial charge in [-0.15, -0.1) is 0 Å². The number of hydrogen-bond acceptors (Lipinski definition) is 3. The molecule has 0 aromatic heterocycles. The molecule has 5 nitrogen and oxygen atoms in total. The smallest absolute Gasteiger partial charge is 0.317 e. The van der Waals surface area contributed by atoms with Crippen molar-refractivity contribution >= 4 is 6.03 Å². The molecule has 2 N–H and O–H groups in total. The molecule has 3 rings (SSSR count). The van der Waals surface area contributed by atoms with Crippen LogP contribution in [0.15, 0.2) is 30.3 Å². The lowest BCUT2D eigenvalue weighted by Crippen LogP contribution is -2.51. The van der Waals surface area contributed by atoms with E-state index >= 15 is 0 Å². The summed E-state index contributed by atoms with van der Waals surface area (Å²) in [6, 6.07) is 10.5. The fraction of sp³-hybridized carbons (Fsp3) is 0.650. The average molecular weight is 346 g/mol. The standard InChI is InChI=1S/C20H30N2O3/c1-15(16-6-3-2-4-7-16)9-11-21-20(24)22-12-5-8-18(22)17-14-25-13-10-19(17)23/h2-4,6-7,15,17-19,23H,5,8-14H2,1H3,(H,21,24)/t15-,17-,18-,19+/m1/s1. The number of urea groups is 1. The molecule has 1 aromatic carbocycles. The van der Waals surface area contributed by atoms with Crippen LogP contribution in [0.5, 0.6) is 0 Å². The van der Waals surface area contributed by atoms with E-state index in [9.17, 15) is 9.90 Å². The van der Waals surface area contributed by atoms with Gasteiger partial charge in [0.05, 0.1) is 12.7 Å². The molecule has 0 spiro atoms. The topological polar surface area (TPSA) is 61.8 Å². The minimum atomic E-state index is -0.356. The van der Waals surface area contributed by atoms with Crippen molar-refractivity contribution in [3.8, 4) is 0 Å². The van der Waals surface area contributed by atoms with E-state index in [1.165, 1.54) is 5.56 Å². The SMILES string of the molecule is C[C@H](CCNC(=O)N1CCC[C@@H]1[C@H]1COCC[C@@H]1O)c1ccccc1. The maximum Gasteiger partial charge on any atom is 0.317 e. The number of carbonyl (C=O) groups excluding carboxylic acids is 1. The number of carbonyl (C=O) groups is 1. The number of nitrogens with one attached hydrogen (secondary N) is 1. The first-order chi connectivity index (χ1) is 12.2. The summed E-state index contributed by atoms with van der Waals surface area (Å²) < 4.78 is 5.54. The Hall–Kier alpha value is -1.59. The molecule has 2 saturated heterocycles. The third kappa shape index (κ3) is 4.53. The van der Waals surface area contributed by atoms with Crippen molar-refractivity contribution in [2.75, 3.05) is 26.3 Å². The van der Waals surface area contributed by atoms with Crippen molar-refractivity contribution in [3.05, 3.63) is 35.9 Å². The van der Waals surface area contributed by atoms with E-state index in [4.69, 9.17) is 4.74 Å². The first-order valence-electron chi connectivity index (χ1n) is 9.52. The van der Waals surface area contributed by atoms with Crippen LogP contribution in [-0.4, -0.2) is 54.5 Å². The van der Waals surface area contributed by atoms with Crippen LogP contribution in [0.1, 0.15) is 44.1 Å². The summed E-state index contributed by atoms with van der Waals surface area (Å²) in [6.07, 6.45) is 3.19. The van der Waals surface area contributed by atoms with Crippen LogP contribution >= 0.6 is 0 Å². The Morgan fingerprint density at radius 2 is 2.16 bits per heavy atom. The van der Waals surface area contributed by atoms with Gasteiger partial charge in [0.1, 0.15) is 0 Å². The molecule has 0 unspecified atom stereocenters. The number of hydrogen-bond donors (Lipinski definition) is 2. The molecule has 2 heterocycles. The van der Waals surface area contributed by atoms with E-state index < -0.39 is 0 Å². The lowest BCUT2D eigenvalue weighted by Gasteiger charge is -2.37. The van der Waals surface area contributed by atoms with Gasteiger partial charge in [0, 0.05) is 31.7 Å². The molecule has 5 heteroatoms. The molecule has 138 valence electrons. The summed E-state index contributed by atoms with van der Waals surface area (Å²) >= 11 is 0. The van der Waals surface area contributed by atoms with Gasteiger partial charge in [-0.1, -0.05) is 37.3 Å². The van der Waals surface area contributed by atoms with Gasteiger partial charge in [-0.05, 0) is 37.2 Å². The Morgan fingerprint density at radius 3 is 2.92 bits per heavy atom. The highest BCUT2D eigenvalue weighted by Gasteiger charge is 2.39. The van der Waals surface area contributed by atoms with Crippen LogP contribution in [-0.2, 0) is 4.74 Å². The molecule has 2 aliphatic heterocycles. The zero-order valence-corrected chi connectivity index (χ0v) is 15.1. The molecular formula is C20H30N2O3. The Labute approximate surface area is 150 Å². The van der Waals surface area contributed by atoms with Gasteiger partial charge in [0.15, 0.2) is 0 Å². The van der Waals surface area contributed by atoms with Crippen LogP contribution in [0.3, 0.4) is 0 Å². The average Bonchev–Trinajstić information content (AvgIpc) is 3.12. The number of amides is 2. The molecule has 0 radical (unpaired) electrons. The third-order valence-corrected chi connectivity index (χ3v) is 5.64. The minimum Gasteiger partial charge on any atom is -0.393 e. The number of ether oxygens (including phenoxy) is 1. The normalized spacial score (nSPS) is 27.9. The minimum absolute atomic E-state index is 0.000496. The summed E-state index contributed by atoms with van der Waals surface area (Å²) in [5.41, 5.74) is 1.30. The number of nitrogens with zero attached hydrogens (tertiary/aromatic N) is 1. The quantitative estimate of drug-likeness (QED) is 0.862. The number of benzene rings is 1. The van der Waals surface area contributed by atoms with E-state index in [0.29, 0.717) is 32.1 Å². The summed E-state index contributed by atoms with van der Waals surface area (Å²) in [5.74, 6) is 0.467. The predicted molar refractivity (Wildman–Crippen MR) is 97.5 cm³/mol. The molecule has 1 aromatic rings. The summed E-state index contributed by atoms with van der Waals surface area (Å²) in [4.78, 5) is 14.5. The Kier molecular flexibility index (Phi) is 6.32. The van der Waals surface area contributed by atoms with Gasteiger partial charge < -0.3 is 20.1 Å². The molecule has 4 atom stereocenters. The zero-order valence-electron chi connectivity index (χ0n) is 15.1. The van der Waals surface area contributed by atoms with E-state index in [1.807, 2.05) is 11.0 Å². The van der Waals surface area contributed by atoms with Gasteiger partial charge in [-0.2, -0.15) is 0 Å². The molecule has 0 saturated carbocycles. The fourth-order valence-corrected chi connectivity index (χ4v) is 4.05. The number of aliphatic hydroxyl groups excluding tert-OH is 1. The largest absolute Gasteiger partial charge is 0.393 e. The monoisotopic (exact) mass is 346 g/mol. The van der Waals surface area contributed by atoms with Crippen LogP contribution in [0, 0.1) is 5.92 Å². The second-order valence-electron chi connectivity index (χ2n) is 7.33. The molecule has 2 amide bonds. The van der Waals surface area contributed by atoms with Gasteiger partial charge in [-0.25, -0.2) is 4.79 Å². The Balaban J connectivity index is 1.48. The maximum atomic E-state index is 12.6. The van der Waals surface area contributed by atoms with Gasteiger partial charge in [0.25, 0.3) is 0 Å². The Bertz CT molecular complexity index is 551. The third-order valence-electron chi connectivity index (χ3n) is 5.64. The fourth-order valence-electron chi connectivity index (χ4n) is 4.05. The van der Waals surface area contributed by atoms with Crippen LogP contribution in [0.2, 0.25) is 0 Å². The molecule has 2 fully saturated rings. The highest BCUT2D eigenvalue weighted by Crippen LogP contribution is 2.29. The van der Waals surface area contributed by atoms with Crippen molar-refractivity contribution in [3.63, 3.8) is 0 Å². The summed E-state index contributed by atoms with van der Waals surface area (Å²) in [5, 5.41) is 13.3. The second-order valence-corrected chi connectivity index (χ2v) is 7.33. The van der Waals surface area contributed by atoms with Crippen molar-refractivity contribution in [2.24, 2.45) is 5.92 Å². The second kappa shape index (κ2) is 8.68. The summed E-state index contributed by atoms with van der Waals surface area (Å²) in [6.45, 7) is 4.81. The van der Waals surface area contributed by atoms with Gasteiger partial charge in [-0.3, -0.25) is 0 Å². The lowest BCUT2D eigenvalue weighted by atomic mass is 9.89. The highest BCUT2D eigenvalue weighted by molar-refractivity contribution is 5.74. The van der Waals surface area contributed by atoms with Crippen molar-refractivity contribution in [1.82, 2.24) is 10.2 Å². The van der Waals surface area contributed by atoms with Crippen molar-refractivity contribution < 1.29 is 14.6 Å². The van der Waals surface area contributed by atoms with Gasteiger partial charge >= 0.3 is 6.03 Å². The molecule has 2 aliphatic rings. The van der Waals surface area contributed by atoms with Crippen LogP contribution < -0.4 is 5.32 Å². The number of rotatable bonds is 5. The number of likely N-dealkylation sites (tertiary alicyclic amines) is 1. The van der Waals surface area contributed by atoms with E-state index in [2.05, 4.69) is 36.5 Å². The Morgan fingerprint density at radius 1 is 1.36 bits per heavy atom. The number of aliphatic hydroxyl groups is 1. The van der Waals surface area contributed by atoms with Crippen LogP contribution in [0.4, 0.5) is 4.79 Å². The van der Waals surface area contributed by atoms with Crippen molar-refractivity contribution in [2.45, 2.75) is 50.7 Å². The molecular weight excluding hydrogens is 316 g/mol. The summed E-state index contributed by atoms with van der Waals surface area (Å²) in [7, 11) is 0. The van der Waals surface area contributed by atoms with E-state index in [0.717, 1.165) is 25.8 Å². The first kappa shape index (κ1) is 18.2. The van der Waals surface area contributed by atoms with E-state index in [1.54, 1.807) is 0 Å². The zero-order chi connectivity index (χ0) is 17.6. The first-order valence-corrected chi connectivity index (χ1v) is 9.52. The highest BCUT2D eigenvalue weighted by atomic mass is 16.5. The predicted octanol–water partition coefficient (Wildman–Crippen LogP) is 2.75. The van der Waals surface area contributed by atoms with Gasteiger partial charge in [0.2, 0.25) is 0 Å². The maximum absolute atomic E-state index is 12.6. The molecule has 0 bridgehead atoms. The van der Waals surface area contributed by atoms with Crippen LogP contribution in [0.25, 0.3) is 0 Å². The lowest BCUT2D eigenvalue weighted by molar-refractivity contribution is -0.0576. The molecule has 25 heavy (non-hydrogen) atoms. The van der Waals surface area contributed by atoms with E-state index in [-0.39, 0.29) is 24.1 Å².